The lowest BCUT2D eigenvalue weighted by Gasteiger charge is -2.22. The van der Waals surface area contributed by atoms with Crippen molar-refractivity contribution in [2.24, 2.45) is 0 Å². The van der Waals surface area contributed by atoms with Crippen LogP contribution >= 0.6 is 0 Å². The summed E-state index contributed by atoms with van der Waals surface area (Å²) in [5.74, 6) is 0.603. The zero-order chi connectivity index (χ0) is 15.4. The van der Waals surface area contributed by atoms with Crippen molar-refractivity contribution in [3.8, 4) is 0 Å². The van der Waals surface area contributed by atoms with E-state index in [-0.39, 0.29) is 6.54 Å². The average Bonchev–Trinajstić information content (AvgIpc) is 2.77. The molecule has 2 rings (SSSR count). The molecule has 1 aromatic carbocycles. The van der Waals surface area contributed by atoms with Crippen molar-refractivity contribution >= 4 is 5.91 Å². The smallest absolute Gasteiger partial charge is 0.257 e. The summed E-state index contributed by atoms with van der Waals surface area (Å²) in [5.41, 5.74) is 1.15. The second-order valence-electron chi connectivity index (χ2n) is 4.89. The Kier molecular flexibility index (Phi) is 4.73. The Hall–Kier alpha value is -2.17. The fraction of sp³-hybridized carbons (Fsp3) is 0.312. The molecular formula is C16H17F2NO2. The largest absolute Gasteiger partial charge is 0.466 e. The minimum absolute atomic E-state index is 0.147. The molecule has 0 N–H and O–H groups in total. The average molecular weight is 293 g/mol. The minimum atomic E-state index is -2.58. The molecule has 0 bridgehead atoms. The van der Waals surface area contributed by atoms with Gasteiger partial charge in [-0.25, -0.2) is 8.78 Å². The van der Waals surface area contributed by atoms with E-state index >= 15 is 0 Å². The summed E-state index contributed by atoms with van der Waals surface area (Å²) in [7, 11) is 0. The summed E-state index contributed by atoms with van der Waals surface area (Å²) in [6.07, 6.45) is -2.58. The van der Waals surface area contributed by atoms with Gasteiger partial charge >= 0.3 is 0 Å². The monoisotopic (exact) mass is 293 g/mol. The molecule has 5 heteroatoms. The summed E-state index contributed by atoms with van der Waals surface area (Å²) < 4.78 is 30.8. The predicted octanol–water partition coefficient (Wildman–Crippen LogP) is 3.80. The Labute approximate surface area is 122 Å². The summed E-state index contributed by atoms with van der Waals surface area (Å²) in [6, 6.07) is 10.7. The Morgan fingerprint density at radius 2 is 1.90 bits per heavy atom. The Morgan fingerprint density at radius 3 is 2.43 bits per heavy atom. The second kappa shape index (κ2) is 6.52. The molecule has 0 saturated heterocycles. The third-order valence-corrected chi connectivity index (χ3v) is 3.13. The van der Waals surface area contributed by atoms with E-state index in [1.807, 2.05) is 18.2 Å². The van der Waals surface area contributed by atoms with Gasteiger partial charge in [0, 0.05) is 6.54 Å². The van der Waals surface area contributed by atoms with Crippen LogP contribution in [0.15, 0.2) is 40.8 Å². The van der Waals surface area contributed by atoms with Gasteiger partial charge in [-0.1, -0.05) is 30.3 Å². The number of halogens is 2. The molecule has 0 fully saturated rings. The number of rotatable bonds is 5. The van der Waals surface area contributed by atoms with Gasteiger partial charge in [-0.15, -0.1) is 0 Å². The van der Waals surface area contributed by atoms with Gasteiger partial charge in [0.05, 0.1) is 12.1 Å². The van der Waals surface area contributed by atoms with Crippen molar-refractivity contribution in [2.75, 3.05) is 6.54 Å². The molecule has 0 aliphatic rings. The Bertz CT molecular complexity index is 608. The molecule has 112 valence electrons. The van der Waals surface area contributed by atoms with Gasteiger partial charge in [-0.3, -0.25) is 4.79 Å². The molecule has 0 aliphatic carbocycles. The van der Waals surface area contributed by atoms with E-state index in [9.17, 15) is 13.6 Å². The molecule has 1 heterocycles. The number of carbonyl (C=O) groups is 1. The molecular weight excluding hydrogens is 276 g/mol. The van der Waals surface area contributed by atoms with Crippen molar-refractivity contribution < 1.29 is 18.0 Å². The van der Waals surface area contributed by atoms with Crippen molar-refractivity contribution in [3.05, 3.63) is 59.0 Å². The number of nitrogens with zero attached hydrogens (tertiary/aromatic N) is 1. The SMILES string of the molecule is Cc1cc(C(=O)N(Cc2ccccc2)CC(F)F)c(C)o1. The van der Waals surface area contributed by atoms with E-state index < -0.39 is 18.9 Å². The zero-order valence-corrected chi connectivity index (χ0v) is 12.0. The van der Waals surface area contributed by atoms with E-state index in [2.05, 4.69) is 0 Å². The summed E-state index contributed by atoms with van der Waals surface area (Å²) >= 11 is 0. The van der Waals surface area contributed by atoms with Crippen LogP contribution in [0.2, 0.25) is 0 Å². The van der Waals surface area contributed by atoms with E-state index in [4.69, 9.17) is 4.42 Å². The lowest BCUT2D eigenvalue weighted by Crippen LogP contribution is -2.34. The van der Waals surface area contributed by atoms with Gasteiger partial charge in [0.1, 0.15) is 11.5 Å². The predicted molar refractivity (Wildman–Crippen MR) is 75.4 cm³/mol. The molecule has 3 nitrogen and oxygen atoms in total. The normalized spacial score (nSPS) is 10.9. The first-order chi connectivity index (χ1) is 9.97. The van der Waals surface area contributed by atoms with Crippen molar-refractivity contribution in [1.29, 1.82) is 0 Å². The highest BCUT2D eigenvalue weighted by molar-refractivity contribution is 5.95. The molecule has 0 atom stereocenters. The number of aryl methyl sites for hydroxylation is 2. The van der Waals surface area contributed by atoms with Gasteiger partial charge in [-0.05, 0) is 25.5 Å². The Morgan fingerprint density at radius 1 is 1.24 bits per heavy atom. The topological polar surface area (TPSA) is 33.5 Å². The number of alkyl halides is 2. The van der Waals surface area contributed by atoms with Crippen molar-refractivity contribution in [1.82, 2.24) is 4.90 Å². The fourth-order valence-electron chi connectivity index (χ4n) is 2.20. The number of benzene rings is 1. The maximum Gasteiger partial charge on any atom is 0.257 e. The van der Waals surface area contributed by atoms with Crippen LogP contribution in [0, 0.1) is 13.8 Å². The molecule has 0 radical (unpaired) electrons. The molecule has 1 aromatic heterocycles. The fourth-order valence-corrected chi connectivity index (χ4v) is 2.20. The number of hydrogen-bond donors (Lipinski definition) is 0. The van der Waals surface area contributed by atoms with Crippen LogP contribution < -0.4 is 0 Å². The highest BCUT2D eigenvalue weighted by Gasteiger charge is 2.23. The first kappa shape index (κ1) is 15.2. The lowest BCUT2D eigenvalue weighted by molar-refractivity contribution is 0.0533. The molecule has 2 aromatic rings. The molecule has 21 heavy (non-hydrogen) atoms. The number of amides is 1. The van der Waals surface area contributed by atoms with Crippen LogP contribution in [0.5, 0.6) is 0 Å². The van der Waals surface area contributed by atoms with Crippen molar-refractivity contribution in [3.63, 3.8) is 0 Å². The summed E-state index contributed by atoms with van der Waals surface area (Å²) in [5, 5.41) is 0. The van der Waals surface area contributed by atoms with E-state index in [0.717, 1.165) is 10.5 Å². The van der Waals surface area contributed by atoms with Crippen LogP contribution in [0.3, 0.4) is 0 Å². The van der Waals surface area contributed by atoms with E-state index in [0.29, 0.717) is 17.1 Å². The van der Waals surface area contributed by atoms with Gasteiger partial charge < -0.3 is 9.32 Å². The Balaban J connectivity index is 2.23. The quantitative estimate of drug-likeness (QED) is 0.840. The van der Waals surface area contributed by atoms with Crippen LogP contribution in [0.4, 0.5) is 8.78 Å². The number of carbonyl (C=O) groups excluding carboxylic acids is 1. The highest BCUT2D eigenvalue weighted by Crippen LogP contribution is 2.18. The number of furan rings is 1. The summed E-state index contributed by atoms with van der Waals surface area (Å²) in [4.78, 5) is 13.6. The van der Waals surface area contributed by atoms with Gasteiger partial charge in [0.15, 0.2) is 0 Å². The van der Waals surface area contributed by atoms with E-state index in [1.54, 1.807) is 32.0 Å². The van der Waals surface area contributed by atoms with Crippen LogP contribution in [-0.2, 0) is 6.54 Å². The number of hydrogen-bond acceptors (Lipinski definition) is 2. The van der Waals surface area contributed by atoms with Gasteiger partial charge in [-0.2, -0.15) is 0 Å². The maximum absolute atomic E-state index is 12.8. The highest BCUT2D eigenvalue weighted by atomic mass is 19.3. The van der Waals surface area contributed by atoms with Gasteiger partial charge in [0.25, 0.3) is 12.3 Å². The van der Waals surface area contributed by atoms with E-state index in [1.165, 1.54) is 0 Å². The van der Waals surface area contributed by atoms with Crippen LogP contribution in [-0.4, -0.2) is 23.8 Å². The second-order valence-corrected chi connectivity index (χ2v) is 4.89. The maximum atomic E-state index is 12.8. The third kappa shape index (κ3) is 3.90. The zero-order valence-electron chi connectivity index (χ0n) is 12.0. The third-order valence-electron chi connectivity index (χ3n) is 3.13. The molecule has 0 spiro atoms. The first-order valence-electron chi connectivity index (χ1n) is 6.65. The molecule has 0 unspecified atom stereocenters. The first-order valence-corrected chi connectivity index (χ1v) is 6.65. The lowest BCUT2D eigenvalue weighted by atomic mass is 10.1. The molecule has 0 saturated carbocycles. The van der Waals surface area contributed by atoms with Crippen LogP contribution in [0.25, 0.3) is 0 Å². The standard InChI is InChI=1S/C16H17F2NO2/c1-11-8-14(12(2)21-11)16(20)19(10-15(17)18)9-13-6-4-3-5-7-13/h3-8,15H,9-10H2,1-2H3. The van der Waals surface area contributed by atoms with Crippen molar-refractivity contribution in [2.45, 2.75) is 26.8 Å². The van der Waals surface area contributed by atoms with Crippen LogP contribution in [0.1, 0.15) is 27.4 Å². The minimum Gasteiger partial charge on any atom is -0.466 e. The van der Waals surface area contributed by atoms with Gasteiger partial charge in [0.2, 0.25) is 0 Å². The summed E-state index contributed by atoms with van der Waals surface area (Å²) in [6.45, 7) is 2.92. The molecule has 0 aliphatic heterocycles. The molecule has 1 amide bonds.